The van der Waals surface area contributed by atoms with E-state index in [-0.39, 0.29) is 11.7 Å². The molecule has 6 heteroatoms. The molecule has 1 atom stereocenters. The molecule has 1 aromatic heterocycles. The van der Waals surface area contributed by atoms with Crippen LogP contribution in [0.4, 0.5) is 9.52 Å². The predicted molar refractivity (Wildman–Crippen MR) is 94.2 cm³/mol. The number of nitrogens with zero attached hydrogens (tertiary/aromatic N) is 1. The molecule has 4 nitrogen and oxygen atoms in total. The molecule has 0 saturated heterocycles. The number of ether oxygens (including phenoxy) is 1. The van der Waals surface area contributed by atoms with E-state index in [2.05, 4.69) is 10.3 Å². The zero-order valence-electron chi connectivity index (χ0n) is 13.6. The lowest BCUT2D eigenvalue weighted by Crippen LogP contribution is -2.30. The minimum atomic E-state index is -0.672. The van der Waals surface area contributed by atoms with Crippen molar-refractivity contribution in [3.8, 4) is 5.75 Å². The van der Waals surface area contributed by atoms with E-state index >= 15 is 0 Å². The molecule has 3 aromatic rings. The SMILES string of the molecule is Cc1cccc(OC(C)C(=O)Nc2nc3ccc(F)cc3s2)c1C. The van der Waals surface area contributed by atoms with Crippen molar-refractivity contribution >= 4 is 32.6 Å². The van der Waals surface area contributed by atoms with E-state index < -0.39 is 6.10 Å². The fourth-order valence-electron chi connectivity index (χ4n) is 2.25. The number of benzene rings is 2. The van der Waals surface area contributed by atoms with Gasteiger partial charge in [-0.25, -0.2) is 9.37 Å². The highest BCUT2D eigenvalue weighted by molar-refractivity contribution is 7.22. The largest absolute Gasteiger partial charge is 0.481 e. The number of aromatic nitrogens is 1. The Morgan fingerprint density at radius 1 is 1.29 bits per heavy atom. The number of carbonyl (C=O) groups is 1. The van der Waals surface area contributed by atoms with Gasteiger partial charge in [0.2, 0.25) is 0 Å². The van der Waals surface area contributed by atoms with Gasteiger partial charge in [-0.05, 0) is 56.2 Å². The molecule has 24 heavy (non-hydrogen) atoms. The first-order valence-electron chi connectivity index (χ1n) is 7.54. The van der Waals surface area contributed by atoms with Crippen LogP contribution in [-0.4, -0.2) is 17.0 Å². The highest BCUT2D eigenvalue weighted by Crippen LogP contribution is 2.27. The summed E-state index contributed by atoms with van der Waals surface area (Å²) < 4.78 is 19.7. The smallest absolute Gasteiger partial charge is 0.266 e. The van der Waals surface area contributed by atoms with Crippen molar-refractivity contribution in [3.63, 3.8) is 0 Å². The molecule has 0 aliphatic heterocycles. The van der Waals surface area contributed by atoms with Crippen molar-refractivity contribution in [1.82, 2.24) is 4.98 Å². The summed E-state index contributed by atoms with van der Waals surface area (Å²) in [4.78, 5) is 16.6. The minimum Gasteiger partial charge on any atom is -0.481 e. The van der Waals surface area contributed by atoms with Crippen molar-refractivity contribution in [1.29, 1.82) is 0 Å². The molecule has 0 bridgehead atoms. The Balaban J connectivity index is 1.72. The van der Waals surface area contributed by atoms with Crippen LogP contribution >= 0.6 is 11.3 Å². The average molecular weight is 344 g/mol. The van der Waals surface area contributed by atoms with Gasteiger partial charge in [-0.2, -0.15) is 0 Å². The molecule has 1 unspecified atom stereocenters. The Hall–Kier alpha value is -2.47. The van der Waals surface area contributed by atoms with E-state index in [4.69, 9.17) is 4.74 Å². The third-order valence-corrected chi connectivity index (χ3v) is 4.74. The normalized spacial score (nSPS) is 12.2. The maximum atomic E-state index is 13.2. The topological polar surface area (TPSA) is 51.2 Å². The Bertz CT molecular complexity index is 907. The lowest BCUT2D eigenvalue weighted by atomic mass is 10.1. The Labute approximate surface area is 143 Å². The van der Waals surface area contributed by atoms with Crippen molar-refractivity contribution < 1.29 is 13.9 Å². The summed E-state index contributed by atoms with van der Waals surface area (Å²) in [6.07, 6.45) is -0.672. The summed E-state index contributed by atoms with van der Waals surface area (Å²) in [6.45, 7) is 5.63. The second kappa shape index (κ2) is 6.57. The molecule has 0 spiro atoms. The van der Waals surface area contributed by atoms with E-state index in [0.717, 1.165) is 11.1 Å². The van der Waals surface area contributed by atoms with Gasteiger partial charge in [0.1, 0.15) is 11.6 Å². The number of rotatable bonds is 4. The fourth-order valence-corrected chi connectivity index (χ4v) is 3.15. The number of hydrogen-bond acceptors (Lipinski definition) is 4. The van der Waals surface area contributed by atoms with Gasteiger partial charge in [-0.1, -0.05) is 23.5 Å². The number of aryl methyl sites for hydroxylation is 1. The quantitative estimate of drug-likeness (QED) is 0.760. The molecule has 0 fully saturated rings. The van der Waals surface area contributed by atoms with E-state index in [0.29, 0.717) is 21.1 Å². The van der Waals surface area contributed by atoms with Crippen LogP contribution in [0.1, 0.15) is 18.1 Å². The van der Waals surface area contributed by atoms with Crippen LogP contribution in [0.2, 0.25) is 0 Å². The van der Waals surface area contributed by atoms with Crippen LogP contribution in [0.15, 0.2) is 36.4 Å². The van der Waals surface area contributed by atoms with Crippen LogP contribution in [0.3, 0.4) is 0 Å². The number of nitrogens with one attached hydrogen (secondary N) is 1. The molecule has 2 aromatic carbocycles. The van der Waals surface area contributed by atoms with E-state index in [1.165, 1.54) is 23.5 Å². The lowest BCUT2D eigenvalue weighted by Gasteiger charge is -2.16. The van der Waals surface area contributed by atoms with Crippen molar-refractivity contribution in [3.05, 3.63) is 53.3 Å². The molecule has 124 valence electrons. The van der Waals surface area contributed by atoms with Gasteiger partial charge in [0.15, 0.2) is 11.2 Å². The third kappa shape index (κ3) is 3.38. The highest BCUT2D eigenvalue weighted by atomic mass is 32.1. The first-order valence-corrected chi connectivity index (χ1v) is 8.35. The summed E-state index contributed by atoms with van der Waals surface area (Å²) in [5.41, 5.74) is 2.76. The van der Waals surface area contributed by atoms with Gasteiger partial charge in [0.25, 0.3) is 5.91 Å². The first kappa shape index (κ1) is 16.4. The lowest BCUT2D eigenvalue weighted by molar-refractivity contribution is -0.122. The molecular weight excluding hydrogens is 327 g/mol. The summed E-state index contributed by atoms with van der Waals surface area (Å²) in [7, 11) is 0. The maximum absolute atomic E-state index is 13.2. The molecular formula is C18H17FN2O2S. The van der Waals surface area contributed by atoms with Crippen molar-refractivity contribution in [2.24, 2.45) is 0 Å². The molecule has 0 radical (unpaired) electrons. The zero-order chi connectivity index (χ0) is 17.3. The van der Waals surface area contributed by atoms with Gasteiger partial charge < -0.3 is 4.74 Å². The molecule has 1 heterocycles. The number of halogens is 1. The number of thiazole rings is 1. The van der Waals surface area contributed by atoms with Crippen LogP contribution < -0.4 is 10.1 Å². The van der Waals surface area contributed by atoms with Crippen LogP contribution in [-0.2, 0) is 4.79 Å². The molecule has 0 saturated carbocycles. The fraction of sp³-hybridized carbons (Fsp3) is 0.222. The molecule has 0 aliphatic rings. The number of fused-ring (bicyclic) bond motifs is 1. The summed E-state index contributed by atoms with van der Waals surface area (Å²) in [5, 5.41) is 3.15. The zero-order valence-corrected chi connectivity index (χ0v) is 14.4. The second-order valence-electron chi connectivity index (χ2n) is 5.58. The first-order chi connectivity index (χ1) is 11.4. The summed E-state index contributed by atoms with van der Waals surface area (Å²) in [5.74, 6) is 0.0649. The Morgan fingerprint density at radius 3 is 2.88 bits per heavy atom. The van der Waals surface area contributed by atoms with E-state index in [1.54, 1.807) is 13.0 Å². The molecule has 1 N–H and O–H groups in total. The van der Waals surface area contributed by atoms with Gasteiger partial charge >= 0.3 is 0 Å². The van der Waals surface area contributed by atoms with Gasteiger partial charge in [-0.15, -0.1) is 0 Å². The third-order valence-electron chi connectivity index (χ3n) is 3.81. The summed E-state index contributed by atoms with van der Waals surface area (Å²) in [6, 6.07) is 10.1. The average Bonchev–Trinajstić information content (AvgIpc) is 2.93. The molecule has 0 aliphatic carbocycles. The number of hydrogen-bond donors (Lipinski definition) is 1. The monoisotopic (exact) mass is 344 g/mol. The van der Waals surface area contributed by atoms with Crippen LogP contribution in [0.5, 0.6) is 5.75 Å². The number of amides is 1. The van der Waals surface area contributed by atoms with Crippen LogP contribution in [0, 0.1) is 19.7 Å². The second-order valence-corrected chi connectivity index (χ2v) is 6.61. The van der Waals surface area contributed by atoms with Gasteiger partial charge in [0.05, 0.1) is 10.2 Å². The number of carbonyl (C=O) groups excluding carboxylic acids is 1. The van der Waals surface area contributed by atoms with Gasteiger partial charge in [0, 0.05) is 0 Å². The highest BCUT2D eigenvalue weighted by Gasteiger charge is 2.18. The van der Waals surface area contributed by atoms with Crippen molar-refractivity contribution in [2.45, 2.75) is 26.9 Å². The molecule has 1 amide bonds. The van der Waals surface area contributed by atoms with Gasteiger partial charge in [-0.3, -0.25) is 10.1 Å². The Morgan fingerprint density at radius 2 is 2.08 bits per heavy atom. The van der Waals surface area contributed by atoms with Crippen LogP contribution in [0.25, 0.3) is 10.2 Å². The van der Waals surface area contributed by atoms with E-state index in [9.17, 15) is 9.18 Å². The maximum Gasteiger partial charge on any atom is 0.266 e. The van der Waals surface area contributed by atoms with Crippen molar-refractivity contribution in [2.75, 3.05) is 5.32 Å². The number of anilines is 1. The Kier molecular flexibility index (Phi) is 4.49. The predicted octanol–water partition coefficient (Wildman–Crippen LogP) is 4.46. The molecule has 3 rings (SSSR count). The van der Waals surface area contributed by atoms with E-state index in [1.807, 2.05) is 32.0 Å². The summed E-state index contributed by atoms with van der Waals surface area (Å²) >= 11 is 1.23. The standard InChI is InChI=1S/C18H17FN2O2S/c1-10-5-4-6-15(11(10)2)23-12(3)17(22)21-18-20-14-8-7-13(19)9-16(14)24-18/h4-9,12H,1-3H3,(H,20,21,22). The minimum absolute atomic E-state index is 0.296.